The van der Waals surface area contributed by atoms with Crippen LogP contribution in [-0.2, 0) is 4.74 Å². The van der Waals surface area contributed by atoms with Crippen molar-refractivity contribution in [2.45, 2.75) is 70.9 Å². The van der Waals surface area contributed by atoms with Crippen LogP contribution < -0.4 is 5.32 Å². The summed E-state index contributed by atoms with van der Waals surface area (Å²) in [6.45, 7) is 5.08. The molecule has 2 nitrogen and oxygen atoms in total. The number of ether oxygens (including phenoxy) is 1. The minimum absolute atomic E-state index is 0.352. The van der Waals surface area contributed by atoms with Crippen LogP contribution >= 0.6 is 0 Å². The third-order valence-electron chi connectivity index (χ3n) is 3.63. The summed E-state index contributed by atoms with van der Waals surface area (Å²) < 4.78 is 5.71. The van der Waals surface area contributed by atoms with Gasteiger partial charge >= 0.3 is 0 Å². The van der Waals surface area contributed by atoms with E-state index in [9.17, 15) is 0 Å². The Kier molecular flexibility index (Phi) is 7.06. The molecule has 1 fully saturated rings. The van der Waals surface area contributed by atoms with Crippen molar-refractivity contribution in [3.8, 4) is 0 Å². The molecule has 1 aliphatic rings. The average Bonchev–Trinajstić information content (AvgIpc) is 2.52. The first-order valence-electron chi connectivity index (χ1n) is 7.01. The maximum atomic E-state index is 5.71. The molecule has 96 valence electrons. The lowest BCUT2D eigenvalue weighted by Gasteiger charge is -2.23. The number of rotatable bonds is 6. The van der Waals surface area contributed by atoms with Crippen LogP contribution in [0.15, 0.2) is 0 Å². The Bertz CT molecular complexity index is 162. The first-order valence-corrected chi connectivity index (χ1v) is 7.01. The zero-order chi connectivity index (χ0) is 11.8. The van der Waals surface area contributed by atoms with Gasteiger partial charge in [-0.1, -0.05) is 38.5 Å². The van der Waals surface area contributed by atoms with Crippen LogP contribution in [0.1, 0.15) is 58.8 Å². The Balaban J connectivity index is 2.24. The fourth-order valence-electron chi connectivity index (χ4n) is 2.58. The molecule has 1 aliphatic carbocycles. The molecule has 1 saturated carbocycles. The van der Waals surface area contributed by atoms with Gasteiger partial charge in [0.2, 0.25) is 0 Å². The van der Waals surface area contributed by atoms with Crippen LogP contribution in [0.3, 0.4) is 0 Å². The average molecular weight is 227 g/mol. The summed E-state index contributed by atoms with van der Waals surface area (Å²) in [7, 11) is 2.06. The van der Waals surface area contributed by atoms with E-state index in [0.717, 1.165) is 12.5 Å². The number of hydrogen-bond donors (Lipinski definition) is 1. The fourth-order valence-corrected chi connectivity index (χ4v) is 2.58. The van der Waals surface area contributed by atoms with Gasteiger partial charge in [-0.05, 0) is 33.2 Å². The van der Waals surface area contributed by atoms with Gasteiger partial charge in [0, 0.05) is 6.04 Å². The van der Waals surface area contributed by atoms with Gasteiger partial charge in [0.1, 0.15) is 0 Å². The Morgan fingerprint density at radius 3 is 2.25 bits per heavy atom. The summed E-state index contributed by atoms with van der Waals surface area (Å²) in [6, 6.07) is 0.547. The van der Waals surface area contributed by atoms with Gasteiger partial charge in [-0.25, -0.2) is 0 Å². The van der Waals surface area contributed by atoms with E-state index in [1.165, 1.54) is 44.9 Å². The zero-order valence-electron chi connectivity index (χ0n) is 11.3. The van der Waals surface area contributed by atoms with E-state index in [-0.39, 0.29) is 0 Å². The molecule has 1 unspecified atom stereocenters. The Morgan fingerprint density at radius 2 is 1.75 bits per heavy atom. The molecule has 0 bridgehead atoms. The fraction of sp³-hybridized carbons (Fsp3) is 1.00. The summed E-state index contributed by atoms with van der Waals surface area (Å²) in [5, 5.41) is 3.40. The molecule has 1 rings (SSSR count). The predicted molar refractivity (Wildman–Crippen MR) is 69.7 cm³/mol. The Labute approximate surface area is 101 Å². The van der Waals surface area contributed by atoms with Crippen molar-refractivity contribution in [3.05, 3.63) is 0 Å². The summed E-state index contributed by atoms with van der Waals surface area (Å²) in [6.07, 6.45) is 10.3. The third-order valence-corrected chi connectivity index (χ3v) is 3.63. The SMILES string of the molecule is CNC(COC(C)C)CC1CCCCCC1. The molecular weight excluding hydrogens is 198 g/mol. The van der Waals surface area contributed by atoms with Gasteiger partial charge in [0.25, 0.3) is 0 Å². The van der Waals surface area contributed by atoms with Crippen LogP contribution in [0.2, 0.25) is 0 Å². The molecule has 0 aromatic carbocycles. The molecule has 0 spiro atoms. The summed E-state index contributed by atoms with van der Waals surface area (Å²) >= 11 is 0. The van der Waals surface area contributed by atoms with Gasteiger partial charge in [0.15, 0.2) is 0 Å². The topological polar surface area (TPSA) is 21.3 Å². The third kappa shape index (κ3) is 5.86. The number of nitrogens with one attached hydrogen (secondary N) is 1. The van der Waals surface area contributed by atoms with Gasteiger partial charge in [-0.3, -0.25) is 0 Å². The molecule has 0 amide bonds. The van der Waals surface area contributed by atoms with Crippen molar-refractivity contribution < 1.29 is 4.74 Å². The van der Waals surface area contributed by atoms with Crippen molar-refractivity contribution in [2.24, 2.45) is 5.92 Å². The van der Waals surface area contributed by atoms with Crippen molar-refractivity contribution in [1.29, 1.82) is 0 Å². The number of hydrogen-bond acceptors (Lipinski definition) is 2. The summed E-state index contributed by atoms with van der Waals surface area (Å²) in [4.78, 5) is 0. The molecule has 1 atom stereocenters. The standard InChI is InChI=1S/C14H29NO/c1-12(2)16-11-14(15-3)10-13-8-6-4-5-7-9-13/h12-15H,4-11H2,1-3H3. The van der Waals surface area contributed by atoms with Crippen LogP contribution in [0, 0.1) is 5.92 Å². The second-order valence-electron chi connectivity index (χ2n) is 5.46. The van der Waals surface area contributed by atoms with Gasteiger partial charge in [0.05, 0.1) is 12.7 Å². The van der Waals surface area contributed by atoms with Crippen LogP contribution in [0.5, 0.6) is 0 Å². The molecule has 0 aliphatic heterocycles. The lowest BCUT2D eigenvalue weighted by molar-refractivity contribution is 0.0570. The van der Waals surface area contributed by atoms with Crippen molar-refractivity contribution >= 4 is 0 Å². The molecule has 2 heteroatoms. The van der Waals surface area contributed by atoms with E-state index in [2.05, 4.69) is 26.2 Å². The van der Waals surface area contributed by atoms with Crippen LogP contribution in [0.4, 0.5) is 0 Å². The molecular formula is C14H29NO. The smallest absolute Gasteiger partial charge is 0.0623 e. The molecule has 0 aromatic rings. The zero-order valence-corrected chi connectivity index (χ0v) is 11.3. The minimum Gasteiger partial charge on any atom is -0.377 e. The second-order valence-corrected chi connectivity index (χ2v) is 5.46. The lowest BCUT2D eigenvalue weighted by Crippen LogP contribution is -2.33. The molecule has 0 heterocycles. The Morgan fingerprint density at radius 1 is 1.12 bits per heavy atom. The minimum atomic E-state index is 0.352. The molecule has 16 heavy (non-hydrogen) atoms. The molecule has 1 N–H and O–H groups in total. The maximum absolute atomic E-state index is 5.71. The van der Waals surface area contributed by atoms with E-state index in [1.54, 1.807) is 0 Å². The normalized spacial score (nSPS) is 21.0. The number of likely N-dealkylation sites (N-methyl/N-ethyl adjacent to an activating group) is 1. The highest BCUT2D eigenvalue weighted by Gasteiger charge is 2.17. The van der Waals surface area contributed by atoms with E-state index in [0.29, 0.717) is 12.1 Å². The van der Waals surface area contributed by atoms with Crippen molar-refractivity contribution in [2.75, 3.05) is 13.7 Å². The first kappa shape index (κ1) is 14.0. The van der Waals surface area contributed by atoms with E-state index in [1.807, 2.05) is 0 Å². The molecule has 0 radical (unpaired) electrons. The molecule has 0 saturated heterocycles. The van der Waals surface area contributed by atoms with Gasteiger partial charge in [-0.2, -0.15) is 0 Å². The summed E-state index contributed by atoms with van der Waals surface area (Å²) in [5.41, 5.74) is 0. The van der Waals surface area contributed by atoms with Crippen molar-refractivity contribution in [3.63, 3.8) is 0 Å². The highest BCUT2D eigenvalue weighted by Crippen LogP contribution is 2.26. The van der Waals surface area contributed by atoms with E-state index < -0.39 is 0 Å². The van der Waals surface area contributed by atoms with Gasteiger partial charge < -0.3 is 10.1 Å². The van der Waals surface area contributed by atoms with E-state index >= 15 is 0 Å². The highest BCUT2D eigenvalue weighted by molar-refractivity contribution is 4.73. The van der Waals surface area contributed by atoms with Crippen LogP contribution in [-0.4, -0.2) is 25.8 Å². The van der Waals surface area contributed by atoms with Crippen LogP contribution in [0.25, 0.3) is 0 Å². The first-order chi connectivity index (χ1) is 7.72. The predicted octanol–water partition coefficient (Wildman–Crippen LogP) is 3.36. The maximum Gasteiger partial charge on any atom is 0.0623 e. The highest BCUT2D eigenvalue weighted by atomic mass is 16.5. The summed E-state index contributed by atoms with van der Waals surface area (Å²) in [5.74, 6) is 0.927. The Hall–Kier alpha value is -0.0800. The quantitative estimate of drug-likeness (QED) is 0.703. The largest absolute Gasteiger partial charge is 0.377 e. The van der Waals surface area contributed by atoms with E-state index in [4.69, 9.17) is 4.74 Å². The van der Waals surface area contributed by atoms with Gasteiger partial charge in [-0.15, -0.1) is 0 Å². The lowest BCUT2D eigenvalue weighted by atomic mass is 9.93. The second kappa shape index (κ2) is 8.08. The monoisotopic (exact) mass is 227 g/mol. The van der Waals surface area contributed by atoms with Crippen molar-refractivity contribution in [1.82, 2.24) is 5.32 Å². The molecule has 0 aromatic heterocycles.